The number of aliphatic hydroxyl groups excluding tert-OH is 1. The normalized spacial score (nSPS) is 21.1. The van der Waals surface area contributed by atoms with E-state index in [9.17, 15) is 14.7 Å². The molecule has 1 heterocycles. The van der Waals surface area contributed by atoms with Crippen LogP contribution in [0.2, 0.25) is 0 Å². The molecule has 5 nitrogen and oxygen atoms in total. The van der Waals surface area contributed by atoms with Gasteiger partial charge in [0.15, 0.2) is 0 Å². The number of carbonyl (C=O) groups is 2. The summed E-state index contributed by atoms with van der Waals surface area (Å²) in [4.78, 5) is 27.7. The van der Waals surface area contributed by atoms with Crippen LogP contribution in [0.15, 0.2) is 40.6 Å². The van der Waals surface area contributed by atoms with Crippen molar-refractivity contribution in [1.82, 2.24) is 5.32 Å². The van der Waals surface area contributed by atoms with E-state index in [-0.39, 0.29) is 11.3 Å². The molecule has 0 fully saturated rings. The molecule has 0 aromatic rings. The first-order valence-corrected chi connectivity index (χ1v) is 6.69. The Balaban J connectivity index is 2.14. The molecule has 1 aliphatic heterocycles. The lowest BCUT2D eigenvalue weighted by molar-refractivity contribution is -0.122. The van der Waals surface area contributed by atoms with Crippen LogP contribution >= 0.6 is 0 Å². The largest absolute Gasteiger partial charge is 0.510 e. The van der Waals surface area contributed by atoms with Gasteiger partial charge in [-0.25, -0.2) is 4.99 Å². The molecule has 20 heavy (non-hydrogen) atoms. The van der Waals surface area contributed by atoms with Crippen molar-refractivity contribution in [3.63, 3.8) is 0 Å². The number of rotatable bonds is 4. The van der Waals surface area contributed by atoms with E-state index in [1.165, 1.54) is 0 Å². The molecule has 2 rings (SSSR count). The molecule has 0 saturated carbocycles. The molecule has 2 N–H and O–H groups in total. The Hall–Kier alpha value is -2.17. The van der Waals surface area contributed by atoms with E-state index in [1.54, 1.807) is 24.3 Å². The fourth-order valence-corrected chi connectivity index (χ4v) is 2.08. The first-order chi connectivity index (χ1) is 9.50. The lowest BCUT2D eigenvalue weighted by Gasteiger charge is -2.21. The first kappa shape index (κ1) is 14.2. The third kappa shape index (κ3) is 2.87. The van der Waals surface area contributed by atoms with E-state index >= 15 is 0 Å². The van der Waals surface area contributed by atoms with E-state index in [4.69, 9.17) is 0 Å². The van der Waals surface area contributed by atoms with Crippen molar-refractivity contribution in [3.8, 4) is 0 Å². The fraction of sp³-hybridized carbons (Fsp3) is 0.400. The van der Waals surface area contributed by atoms with E-state index in [0.717, 1.165) is 6.42 Å². The molecule has 0 spiro atoms. The van der Waals surface area contributed by atoms with Gasteiger partial charge in [0.2, 0.25) is 0 Å². The Morgan fingerprint density at radius 3 is 2.90 bits per heavy atom. The highest BCUT2D eigenvalue weighted by atomic mass is 16.3. The van der Waals surface area contributed by atoms with Crippen LogP contribution < -0.4 is 5.32 Å². The monoisotopic (exact) mass is 274 g/mol. The summed E-state index contributed by atoms with van der Waals surface area (Å²) in [5.74, 6) is -1.50. The zero-order chi connectivity index (χ0) is 14.7. The maximum absolute atomic E-state index is 12.0. The Bertz CT molecular complexity index is 553. The summed E-state index contributed by atoms with van der Waals surface area (Å²) in [5.41, 5.74) is 0.219. The van der Waals surface area contributed by atoms with Crippen molar-refractivity contribution in [2.75, 3.05) is 6.54 Å². The average Bonchev–Trinajstić information content (AvgIpc) is 2.38. The van der Waals surface area contributed by atoms with Gasteiger partial charge in [0, 0.05) is 6.54 Å². The highest BCUT2D eigenvalue weighted by molar-refractivity contribution is 6.25. The number of hydrogen-bond donors (Lipinski definition) is 2. The molecular weight excluding hydrogens is 256 g/mol. The number of nitrogens with zero attached hydrogens (tertiary/aromatic N) is 1. The van der Waals surface area contributed by atoms with E-state index in [0.29, 0.717) is 18.2 Å². The van der Waals surface area contributed by atoms with Gasteiger partial charge in [-0.15, -0.1) is 0 Å². The summed E-state index contributed by atoms with van der Waals surface area (Å²) in [6, 6.07) is 0. The highest BCUT2D eigenvalue weighted by Gasteiger charge is 2.33. The van der Waals surface area contributed by atoms with E-state index < -0.39 is 17.7 Å². The number of allylic oxidation sites excluding steroid dienone is 4. The van der Waals surface area contributed by atoms with Crippen LogP contribution in [0.25, 0.3) is 0 Å². The van der Waals surface area contributed by atoms with Crippen LogP contribution in [0.1, 0.15) is 20.3 Å². The fourth-order valence-electron chi connectivity index (χ4n) is 2.08. The Morgan fingerprint density at radius 1 is 1.45 bits per heavy atom. The number of dihydropyridines is 1. The van der Waals surface area contributed by atoms with Gasteiger partial charge in [0.1, 0.15) is 11.3 Å². The summed E-state index contributed by atoms with van der Waals surface area (Å²) >= 11 is 0. The zero-order valence-electron chi connectivity index (χ0n) is 11.6. The molecule has 106 valence electrons. The van der Waals surface area contributed by atoms with Crippen LogP contribution in [0, 0.1) is 11.8 Å². The second kappa shape index (κ2) is 5.86. The summed E-state index contributed by atoms with van der Waals surface area (Å²) < 4.78 is 0. The Labute approximate surface area is 117 Å². The zero-order valence-corrected chi connectivity index (χ0v) is 11.6. The molecule has 1 atom stereocenters. The maximum atomic E-state index is 12.0. The smallest absolute Gasteiger partial charge is 0.286 e. The Kier molecular flexibility index (Phi) is 4.17. The van der Waals surface area contributed by atoms with Crippen molar-refractivity contribution >= 4 is 17.5 Å². The quantitative estimate of drug-likeness (QED) is 0.766. The van der Waals surface area contributed by atoms with Gasteiger partial charge in [0.25, 0.3) is 11.8 Å². The second-order valence-corrected chi connectivity index (χ2v) is 5.26. The third-order valence-corrected chi connectivity index (χ3v) is 3.23. The molecule has 2 aliphatic rings. The minimum absolute atomic E-state index is 0.220. The van der Waals surface area contributed by atoms with E-state index in [2.05, 4.69) is 10.3 Å². The summed E-state index contributed by atoms with van der Waals surface area (Å²) in [6.07, 6.45) is 7.68. The van der Waals surface area contributed by atoms with Crippen molar-refractivity contribution in [2.24, 2.45) is 16.8 Å². The molecule has 0 aromatic heterocycles. The third-order valence-electron chi connectivity index (χ3n) is 3.23. The molecule has 0 saturated heterocycles. The molecule has 0 aromatic carbocycles. The van der Waals surface area contributed by atoms with E-state index in [1.807, 2.05) is 13.8 Å². The molecule has 2 amide bonds. The lowest BCUT2D eigenvalue weighted by Crippen LogP contribution is -2.35. The van der Waals surface area contributed by atoms with Crippen LogP contribution in [0.5, 0.6) is 0 Å². The number of aliphatic imine (C=N–C) groups is 1. The van der Waals surface area contributed by atoms with Gasteiger partial charge < -0.3 is 10.4 Å². The predicted octanol–water partition coefficient (Wildman–Crippen LogP) is 1.68. The van der Waals surface area contributed by atoms with Crippen LogP contribution in [-0.2, 0) is 9.59 Å². The van der Waals surface area contributed by atoms with Crippen molar-refractivity contribution in [3.05, 3.63) is 35.6 Å². The van der Waals surface area contributed by atoms with Crippen molar-refractivity contribution in [2.45, 2.75) is 20.3 Å². The van der Waals surface area contributed by atoms with Crippen molar-refractivity contribution < 1.29 is 14.7 Å². The number of aliphatic hydroxyl groups is 1. The average molecular weight is 274 g/mol. The predicted molar refractivity (Wildman–Crippen MR) is 76.3 cm³/mol. The summed E-state index contributed by atoms with van der Waals surface area (Å²) in [5, 5.41) is 12.8. The molecule has 1 aliphatic carbocycles. The van der Waals surface area contributed by atoms with Crippen molar-refractivity contribution in [1.29, 1.82) is 0 Å². The Morgan fingerprint density at radius 2 is 2.20 bits per heavy atom. The number of fused-ring (bicyclic) bond motifs is 1. The minimum atomic E-state index is -0.684. The highest BCUT2D eigenvalue weighted by Crippen LogP contribution is 2.25. The molecule has 0 radical (unpaired) electrons. The first-order valence-electron chi connectivity index (χ1n) is 6.69. The maximum Gasteiger partial charge on any atom is 0.286 e. The van der Waals surface area contributed by atoms with Gasteiger partial charge >= 0.3 is 0 Å². The second-order valence-electron chi connectivity index (χ2n) is 5.26. The van der Waals surface area contributed by atoms with Gasteiger partial charge in [-0.2, -0.15) is 0 Å². The van der Waals surface area contributed by atoms with Crippen LogP contribution in [-0.4, -0.2) is 29.2 Å². The van der Waals surface area contributed by atoms with Crippen LogP contribution in [0.3, 0.4) is 0 Å². The molecule has 5 heteroatoms. The SMILES string of the molecule is CC(C)CCNC(=O)C1=C(O)C2C=CC=CC2=NC1=O. The number of carbonyl (C=O) groups excluding carboxylic acids is 2. The lowest BCUT2D eigenvalue weighted by atomic mass is 9.90. The van der Waals surface area contributed by atoms with Gasteiger partial charge in [-0.1, -0.05) is 32.1 Å². The minimum Gasteiger partial charge on any atom is -0.510 e. The number of hydrogen-bond acceptors (Lipinski definition) is 3. The molecular formula is C15H18N2O3. The standard InChI is InChI=1S/C15H18N2O3/c1-9(2)7-8-16-14(19)12-13(18)10-5-3-4-6-11(10)17-15(12)20/h3-6,9-10,18H,7-8H2,1-2H3,(H,16,19). The van der Waals surface area contributed by atoms with Gasteiger partial charge in [0.05, 0.1) is 11.6 Å². The summed E-state index contributed by atoms with van der Waals surface area (Å²) in [7, 11) is 0. The van der Waals surface area contributed by atoms with Crippen LogP contribution in [0.4, 0.5) is 0 Å². The summed E-state index contributed by atoms with van der Waals surface area (Å²) in [6.45, 7) is 4.56. The number of nitrogens with one attached hydrogen (secondary N) is 1. The molecule has 1 unspecified atom stereocenters. The van der Waals surface area contributed by atoms with Gasteiger partial charge in [-0.3, -0.25) is 9.59 Å². The molecule has 0 bridgehead atoms. The topological polar surface area (TPSA) is 78.8 Å². The number of amides is 2. The van der Waals surface area contributed by atoms with Gasteiger partial charge in [-0.05, 0) is 18.4 Å².